The minimum atomic E-state index is 0.707. The van der Waals surface area contributed by atoms with Gasteiger partial charge in [0, 0.05) is 25.4 Å². The van der Waals surface area contributed by atoms with Crippen molar-refractivity contribution in [2.75, 3.05) is 0 Å². The Morgan fingerprint density at radius 2 is 1.93 bits per heavy atom. The van der Waals surface area contributed by atoms with Gasteiger partial charge >= 0.3 is 0 Å². The summed E-state index contributed by atoms with van der Waals surface area (Å²) in [6.45, 7) is 2.99. The van der Waals surface area contributed by atoms with Crippen molar-refractivity contribution in [3.05, 3.63) is 78.5 Å². The zero-order valence-electron chi connectivity index (χ0n) is 16.1. The molecule has 0 radical (unpaired) electrons. The molecule has 0 amide bonds. The minimum Gasteiger partial charge on any atom is -0.293 e. The number of allylic oxidation sites excluding steroid dienone is 2. The molecule has 0 saturated heterocycles. The van der Waals surface area contributed by atoms with E-state index in [4.69, 9.17) is 9.97 Å². The minimum absolute atomic E-state index is 0.707. The van der Waals surface area contributed by atoms with Gasteiger partial charge in [-0.1, -0.05) is 49.4 Å². The van der Waals surface area contributed by atoms with Crippen molar-refractivity contribution in [1.82, 2.24) is 29.3 Å². The molecule has 0 unspecified atom stereocenters. The first-order chi connectivity index (χ1) is 13.8. The van der Waals surface area contributed by atoms with E-state index in [9.17, 15) is 0 Å². The molecule has 6 nitrogen and oxygen atoms in total. The second-order valence-corrected chi connectivity index (χ2v) is 6.69. The number of unbranched alkanes of at least 4 members (excludes halogenated alkanes) is 1. The smallest absolute Gasteiger partial charge is 0.233 e. The summed E-state index contributed by atoms with van der Waals surface area (Å²) in [5.41, 5.74) is 2.86. The number of aryl methyl sites for hydroxylation is 1. The van der Waals surface area contributed by atoms with Crippen LogP contribution in [0.25, 0.3) is 17.1 Å². The first-order valence-electron chi connectivity index (χ1n) is 9.76. The van der Waals surface area contributed by atoms with Crippen molar-refractivity contribution in [1.29, 1.82) is 0 Å². The number of aromatic nitrogens is 6. The third-order valence-corrected chi connectivity index (χ3v) is 4.59. The lowest BCUT2D eigenvalue weighted by atomic mass is 10.1. The molecule has 0 fully saturated rings. The highest BCUT2D eigenvalue weighted by atomic mass is 15.4. The van der Waals surface area contributed by atoms with Crippen molar-refractivity contribution in [2.24, 2.45) is 0 Å². The Morgan fingerprint density at radius 1 is 1.04 bits per heavy atom. The van der Waals surface area contributed by atoms with E-state index >= 15 is 0 Å². The largest absolute Gasteiger partial charge is 0.293 e. The summed E-state index contributed by atoms with van der Waals surface area (Å²) >= 11 is 0. The van der Waals surface area contributed by atoms with Gasteiger partial charge in [-0.05, 0) is 30.9 Å². The third kappa shape index (κ3) is 4.01. The highest BCUT2D eigenvalue weighted by Crippen LogP contribution is 2.18. The zero-order valence-corrected chi connectivity index (χ0v) is 16.1. The lowest BCUT2D eigenvalue weighted by molar-refractivity contribution is 0.625. The van der Waals surface area contributed by atoms with Gasteiger partial charge in [0.05, 0.1) is 6.20 Å². The summed E-state index contributed by atoms with van der Waals surface area (Å²) < 4.78 is 3.94. The highest BCUT2D eigenvalue weighted by molar-refractivity contribution is 5.72. The normalized spacial score (nSPS) is 11.6. The van der Waals surface area contributed by atoms with Gasteiger partial charge in [-0.3, -0.25) is 4.57 Å². The predicted octanol–water partition coefficient (Wildman–Crippen LogP) is 4.35. The zero-order chi connectivity index (χ0) is 19.2. The first-order valence-corrected chi connectivity index (χ1v) is 9.76. The maximum atomic E-state index is 4.85. The maximum Gasteiger partial charge on any atom is 0.233 e. The van der Waals surface area contributed by atoms with Gasteiger partial charge in [0.15, 0.2) is 5.65 Å². The molecule has 0 saturated carbocycles. The molecule has 0 spiro atoms. The second kappa shape index (κ2) is 8.61. The van der Waals surface area contributed by atoms with Gasteiger partial charge < -0.3 is 0 Å². The van der Waals surface area contributed by atoms with E-state index in [1.807, 2.05) is 36.7 Å². The van der Waals surface area contributed by atoms with Gasteiger partial charge in [-0.15, -0.1) is 0 Å². The van der Waals surface area contributed by atoms with Crippen LogP contribution in [0.1, 0.15) is 37.6 Å². The predicted molar refractivity (Wildman–Crippen MR) is 110 cm³/mol. The Kier molecular flexibility index (Phi) is 5.56. The molecular formula is C22H24N6. The SMILES string of the molecule is CCC=CCCCn1c(-n2cccn2)nc2cnc(Cc3ccccc3)nc21. The second-order valence-electron chi connectivity index (χ2n) is 6.69. The van der Waals surface area contributed by atoms with Crippen molar-refractivity contribution < 1.29 is 0 Å². The van der Waals surface area contributed by atoms with Crippen molar-refractivity contribution in [3.63, 3.8) is 0 Å². The van der Waals surface area contributed by atoms with Gasteiger partial charge in [0.2, 0.25) is 5.95 Å². The summed E-state index contributed by atoms with van der Waals surface area (Å²) in [7, 11) is 0. The van der Waals surface area contributed by atoms with Gasteiger partial charge in [0.25, 0.3) is 0 Å². The molecule has 142 valence electrons. The van der Waals surface area contributed by atoms with Gasteiger partial charge in [-0.2, -0.15) is 5.10 Å². The molecular weight excluding hydrogens is 348 g/mol. The fraction of sp³-hybridized carbons (Fsp3) is 0.273. The molecule has 0 aliphatic heterocycles. The first kappa shape index (κ1) is 18.1. The fourth-order valence-electron chi connectivity index (χ4n) is 3.23. The van der Waals surface area contributed by atoms with E-state index in [1.54, 1.807) is 10.9 Å². The highest BCUT2D eigenvalue weighted by Gasteiger charge is 2.15. The van der Waals surface area contributed by atoms with E-state index in [0.29, 0.717) is 6.42 Å². The molecule has 0 bridgehead atoms. The van der Waals surface area contributed by atoms with Crippen LogP contribution in [0.3, 0.4) is 0 Å². The average molecular weight is 372 g/mol. The quantitative estimate of drug-likeness (QED) is 0.341. The van der Waals surface area contributed by atoms with Crippen LogP contribution in [-0.4, -0.2) is 29.3 Å². The number of fused-ring (bicyclic) bond motifs is 1. The molecule has 3 heterocycles. The standard InChI is InChI=1S/C22H24N6/c1-2-3-4-5-9-14-27-21-19(25-22(27)28-15-10-13-24-28)17-23-20(26-21)16-18-11-7-6-8-12-18/h3-4,6-8,10-13,15,17H,2,5,9,14,16H2,1H3. The van der Waals surface area contributed by atoms with Crippen LogP contribution in [0.4, 0.5) is 0 Å². The van der Waals surface area contributed by atoms with Crippen LogP contribution < -0.4 is 0 Å². The molecule has 4 rings (SSSR count). The number of imidazole rings is 1. The Morgan fingerprint density at radius 3 is 2.71 bits per heavy atom. The number of hydrogen-bond acceptors (Lipinski definition) is 4. The topological polar surface area (TPSA) is 61.4 Å². The summed E-state index contributed by atoms with van der Waals surface area (Å²) in [5, 5.41) is 4.36. The summed E-state index contributed by atoms with van der Waals surface area (Å²) in [6, 6.07) is 12.2. The van der Waals surface area contributed by atoms with Crippen LogP contribution in [-0.2, 0) is 13.0 Å². The molecule has 0 aliphatic rings. The Labute approximate surface area is 164 Å². The van der Waals surface area contributed by atoms with Crippen LogP contribution in [0.2, 0.25) is 0 Å². The van der Waals surface area contributed by atoms with E-state index in [2.05, 4.69) is 45.9 Å². The van der Waals surface area contributed by atoms with Gasteiger partial charge in [0.1, 0.15) is 11.3 Å². The molecule has 4 aromatic rings. The van der Waals surface area contributed by atoms with Crippen molar-refractivity contribution in [3.8, 4) is 5.95 Å². The number of rotatable bonds is 8. The van der Waals surface area contributed by atoms with E-state index in [-0.39, 0.29) is 0 Å². The van der Waals surface area contributed by atoms with Crippen LogP contribution >= 0.6 is 0 Å². The van der Waals surface area contributed by atoms with E-state index < -0.39 is 0 Å². The summed E-state index contributed by atoms with van der Waals surface area (Å²) in [5.74, 6) is 1.59. The Balaban J connectivity index is 1.67. The lowest BCUT2D eigenvalue weighted by Gasteiger charge is -2.08. The van der Waals surface area contributed by atoms with Gasteiger partial charge in [-0.25, -0.2) is 19.6 Å². The number of hydrogen-bond donors (Lipinski definition) is 0. The fourth-order valence-corrected chi connectivity index (χ4v) is 3.23. The van der Waals surface area contributed by atoms with Crippen LogP contribution in [0.15, 0.2) is 67.1 Å². The Bertz CT molecular complexity index is 1050. The molecule has 3 aromatic heterocycles. The molecule has 0 N–H and O–H groups in total. The van der Waals surface area contributed by atoms with E-state index in [1.165, 1.54) is 5.56 Å². The Hall–Kier alpha value is -3.28. The monoisotopic (exact) mass is 372 g/mol. The molecule has 0 atom stereocenters. The molecule has 1 aromatic carbocycles. The van der Waals surface area contributed by atoms with E-state index in [0.717, 1.165) is 48.7 Å². The summed E-state index contributed by atoms with van der Waals surface area (Å²) in [4.78, 5) is 14.1. The lowest BCUT2D eigenvalue weighted by Crippen LogP contribution is -2.09. The van der Waals surface area contributed by atoms with Crippen molar-refractivity contribution >= 4 is 11.2 Å². The molecule has 6 heteroatoms. The number of nitrogens with zero attached hydrogens (tertiary/aromatic N) is 6. The molecule has 28 heavy (non-hydrogen) atoms. The number of benzene rings is 1. The van der Waals surface area contributed by atoms with Crippen LogP contribution in [0, 0.1) is 0 Å². The van der Waals surface area contributed by atoms with Crippen molar-refractivity contribution in [2.45, 2.75) is 39.2 Å². The average Bonchev–Trinajstić information content (AvgIpc) is 3.37. The summed E-state index contributed by atoms with van der Waals surface area (Å²) in [6.07, 6.45) is 13.8. The maximum absolute atomic E-state index is 4.85. The van der Waals surface area contributed by atoms with Crippen LogP contribution in [0.5, 0.6) is 0 Å². The third-order valence-electron chi connectivity index (χ3n) is 4.59. The molecule has 0 aliphatic carbocycles.